The molecule has 2 aromatic rings. The van der Waals surface area contributed by atoms with E-state index in [0.717, 1.165) is 18.0 Å². The lowest BCUT2D eigenvalue weighted by Gasteiger charge is -2.29. The van der Waals surface area contributed by atoms with E-state index in [-0.39, 0.29) is 5.57 Å². The zero-order valence-corrected chi connectivity index (χ0v) is 18.5. The lowest BCUT2D eigenvalue weighted by atomic mass is 9.97. The molecule has 0 radical (unpaired) electrons. The Labute approximate surface area is 185 Å². The summed E-state index contributed by atoms with van der Waals surface area (Å²) in [6.07, 6.45) is 0. The van der Waals surface area contributed by atoms with Crippen LogP contribution in [0.5, 0.6) is 5.75 Å². The third-order valence-corrected chi connectivity index (χ3v) is 6.85. The Morgan fingerprint density at radius 1 is 1.29 bits per heavy atom. The third-order valence-electron chi connectivity index (χ3n) is 5.93. The van der Waals surface area contributed by atoms with Gasteiger partial charge in [0, 0.05) is 10.5 Å². The molecular weight excluding hydrogens is 416 g/mol. The average molecular weight is 443 g/mol. The number of morpholine rings is 1. The fourth-order valence-electron chi connectivity index (χ4n) is 4.20. The molecule has 4 rings (SSSR count). The maximum Gasteiger partial charge on any atom is 0.295 e. The van der Waals surface area contributed by atoms with Gasteiger partial charge in [-0.3, -0.25) is 9.59 Å². The fraction of sp³-hybridized carbons (Fsp3) is 0.391. The van der Waals surface area contributed by atoms with E-state index in [9.17, 15) is 14.7 Å². The van der Waals surface area contributed by atoms with E-state index >= 15 is 0 Å². The molecule has 1 aromatic heterocycles. The normalized spacial score (nSPS) is 21.6. The molecule has 1 amide bonds. The second-order valence-corrected chi connectivity index (χ2v) is 8.76. The van der Waals surface area contributed by atoms with Crippen molar-refractivity contribution in [3.63, 3.8) is 0 Å². The Hall–Kier alpha value is -2.68. The summed E-state index contributed by atoms with van der Waals surface area (Å²) in [5.74, 6) is -1.05. The molecule has 0 saturated carbocycles. The number of ether oxygens (including phenoxy) is 2. The third kappa shape index (κ3) is 4.23. The van der Waals surface area contributed by atoms with Crippen LogP contribution >= 0.6 is 11.3 Å². The highest BCUT2D eigenvalue weighted by atomic mass is 32.1. The number of carbonyl (C=O) groups excluding carboxylic acids is 2. The summed E-state index contributed by atoms with van der Waals surface area (Å²) in [4.78, 5) is 29.7. The van der Waals surface area contributed by atoms with E-state index < -0.39 is 23.5 Å². The van der Waals surface area contributed by atoms with Crippen molar-refractivity contribution in [2.45, 2.75) is 13.0 Å². The van der Waals surface area contributed by atoms with Gasteiger partial charge in [-0.25, -0.2) is 0 Å². The highest BCUT2D eigenvalue weighted by Gasteiger charge is 2.45. The topological polar surface area (TPSA) is 83.3 Å². The number of benzene rings is 1. The fourth-order valence-corrected chi connectivity index (χ4v) is 5.04. The number of likely N-dealkylation sites (tertiary alicyclic amines) is 1. The molecule has 2 aliphatic heterocycles. The molecule has 8 heteroatoms. The van der Waals surface area contributed by atoms with E-state index in [1.54, 1.807) is 37.1 Å². The van der Waals surface area contributed by atoms with Gasteiger partial charge in [0.25, 0.3) is 5.91 Å². The first-order valence-electron chi connectivity index (χ1n) is 10.4. The second kappa shape index (κ2) is 9.21. The lowest BCUT2D eigenvalue weighted by Crippen LogP contribution is -3.14. The number of rotatable bonds is 6. The first kappa shape index (κ1) is 21.5. The smallest absolute Gasteiger partial charge is 0.295 e. The molecular formula is C23H26N2O5S. The van der Waals surface area contributed by atoms with Crippen LogP contribution in [0.15, 0.2) is 41.3 Å². The minimum atomic E-state index is -0.699. The van der Waals surface area contributed by atoms with Crippen LogP contribution in [0, 0.1) is 6.92 Å². The highest BCUT2D eigenvalue weighted by molar-refractivity contribution is 7.10. The van der Waals surface area contributed by atoms with Crippen LogP contribution in [0.3, 0.4) is 0 Å². The summed E-state index contributed by atoms with van der Waals surface area (Å²) in [5.41, 5.74) is 1.16. The van der Waals surface area contributed by atoms with Crippen LogP contribution in [0.4, 0.5) is 0 Å². The van der Waals surface area contributed by atoms with Crippen LogP contribution < -0.4 is 14.7 Å². The number of ketones is 1. The predicted octanol–water partition coefficient (Wildman–Crippen LogP) is 0.204. The number of amides is 1. The number of thiophene rings is 1. The van der Waals surface area contributed by atoms with Gasteiger partial charge in [0.05, 0.1) is 39.5 Å². The van der Waals surface area contributed by atoms with E-state index in [0.29, 0.717) is 43.2 Å². The monoisotopic (exact) mass is 442 g/mol. The summed E-state index contributed by atoms with van der Waals surface area (Å²) in [6.45, 7) is 6.08. The summed E-state index contributed by atoms with van der Waals surface area (Å²) in [7, 11) is 1.56. The van der Waals surface area contributed by atoms with Crippen molar-refractivity contribution in [1.29, 1.82) is 0 Å². The van der Waals surface area contributed by atoms with Crippen molar-refractivity contribution >= 4 is 28.8 Å². The molecule has 31 heavy (non-hydrogen) atoms. The highest BCUT2D eigenvalue weighted by Crippen LogP contribution is 2.40. The first-order valence-corrected chi connectivity index (χ1v) is 11.3. The van der Waals surface area contributed by atoms with Gasteiger partial charge in [-0.15, -0.1) is 11.3 Å². The summed E-state index contributed by atoms with van der Waals surface area (Å²) in [6, 6.07) is 8.22. The zero-order valence-electron chi connectivity index (χ0n) is 17.7. The summed E-state index contributed by atoms with van der Waals surface area (Å²) < 4.78 is 10.6. The molecule has 164 valence electrons. The van der Waals surface area contributed by atoms with Gasteiger partial charge in [-0.1, -0.05) is 17.9 Å². The van der Waals surface area contributed by atoms with Crippen LogP contribution in [0.2, 0.25) is 0 Å². The number of nitrogens with one attached hydrogen (secondary N) is 1. The lowest BCUT2D eigenvalue weighted by molar-refractivity contribution is -0.907. The molecule has 1 atom stereocenters. The largest absolute Gasteiger partial charge is 0.872 e. The van der Waals surface area contributed by atoms with Gasteiger partial charge in [-0.2, -0.15) is 0 Å². The summed E-state index contributed by atoms with van der Waals surface area (Å²) in [5, 5.41) is 15.4. The molecule has 2 fully saturated rings. The minimum Gasteiger partial charge on any atom is -0.872 e. The molecule has 3 heterocycles. The maximum atomic E-state index is 13.5. The van der Waals surface area contributed by atoms with Gasteiger partial charge < -0.3 is 24.4 Å². The summed E-state index contributed by atoms with van der Waals surface area (Å²) >= 11 is 1.45. The van der Waals surface area contributed by atoms with Crippen LogP contribution in [0.1, 0.15) is 22.0 Å². The van der Waals surface area contributed by atoms with E-state index in [1.807, 2.05) is 17.5 Å². The van der Waals surface area contributed by atoms with Crippen molar-refractivity contribution < 1.29 is 29.1 Å². The number of quaternary nitrogens is 1. The van der Waals surface area contributed by atoms with Crippen molar-refractivity contribution in [3.05, 3.63) is 57.3 Å². The van der Waals surface area contributed by atoms with Crippen molar-refractivity contribution in [2.75, 3.05) is 46.5 Å². The number of methoxy groups -OCH3 is 1. The second-order valence-electron chi connectivity index (χ2n) is 7.78. The van der Waals surface area contributed by atoms with Gasteiger partial charge in [0.2, 0.25) is 5.78 Å². The van der Waals surface area contributed by atoms with Crippen LogP contribution in [0.25, 0.3) is 5.76 Å². The molecule has 1 aromatic carbocycles. The predicted molar refractivity (Wildman–Crippen MR) is 115 cm³/mol. The first-order chi connectivity index (χ1) is 15.0. The van der Waals surface area contributed by atoms with E-state index in [1.165, 1.54) is 16.2 Å². The number of aryl methyl sites for hydroxylation is 1. The Bertz CT molecular complexity index is 995. The van der Waals surface area contributed by atoms with E-state index in [2.05, 4.69) is 0 Å². The zero-order chi connectivity index (χ0) is 22.0. The molecule has 0 spiro atoms. The Balaban J connectivity index is 1.71. The van der Waals surface area contributed by atoms with Gasteiger partial charge in [0.15, 0.2) is 0 Å². The average Bonchev–Trinajstić information content (AvgIpc) is 3.40. The Kier molecular flexibility index (Phi) is 6.41. The van der Waals surface area contributed by atoms with Gasteiger partial charge >= 0.3 is 0 Å². The molecule has 0 bridgehead atoms. The molecule has 0 aliphatic carbocycles. The standard InChI is InChI=1S/C23H26N2O5S/c1-15-14-16(29-2)5-6-17(15)21(26)19-20(18-4-3-13-31-18)25(23(28)22(19)27)8-7-24-9-11-30-12-10-24/h3-6,13-14,20,26H,7-12H2,1-2H3. The number of carbonyl (C=O) groups is 2. The maximum absolute atomic E-state index is 13.5. The van der Waals surface area contributed by atoms with Crippen molar-refractivity contribution in [2.24, 2.45) is 0 Å². The van der Waals surface area contributed by atoms with Crippen molar-refractivity contribution in [1.82, 2.24) is 4.90 Å². The molecule has 1 N–H and O–H groups in total. The van der Waals surface area contributed by atoms with E-state index in [4.69, 9.17) is 9.47 Å². The molecule has 2 aliphatic rings. The number of hydrogen-bond donors (Lipinski definition) is 1. The Morgan fingerprint density at radius 3 is 2.71 bits per heavy atom. The van der Waals surface area contributed by atoms with Crippen LogP contribution in [-0.2, 0) is 14.3 Å². The molecule has 7 nitrogen and oxygen atoms in total. The quantitative estimate of drug-likeness (QED) is 0.393. The number of hydrogen-bond acceptors (Lipinski definition) is 6. The molecule has 1 unspecified atom stereocenters. The molecule has 2 saturated heterocycles. The number of Topliss-reactive ketones (excluding diaryl/α,β-unsaturated/α-hetero) is 1. The van der Waals surface area contributed by atoms with Gasteiger partial charge in [-0.05, 0) is 41.6 Å². The number of nitrogens with zero attached hydrogens (tertiary/aromatic N) is 1. The SMILES string of the molecule is COc1ccc(C([O-])=C2C(=O)C(=O)N(CC[NH+]3CCOCC3)C2c2cccs2)c(C)c1. The van der Waals surface area contributed by atoms with Crippen LogP contribution in [-0.4, -0.2) is 63.1 Å². The van der Waals surface area contributed by atoms with Crippen molar-refractivity contribution in [3.8, 4) is 5.75 Å². The van der Waals surface area contributed by atoms with Gasteiger partial charge in [0.1, 0.15) is 18.8 Å². The Morgan fingerprint density at radius 2 is 2.06 bits per heavy atom. The minimum absolute atomic E-state index is 0.0395.